The van der Waals surface area contributed by atoms with Crippen LogP contribution in [-0.4, -0.2) is 4.57 Å². The summed E-state index contributed by atoms with van der Waals surface area (Å²) in [6, 6.07) is 94.6. The standard InChI is InChI=1S/C65H42N2/c1-4-20-43(21-5-1)48-27-12-16-34-58(48)67(61-37-19-36-60-63(61)54-30-13-17-35-59(54)66(60)46-25-8-3-9-26-46)47-39-41-52-50-28-10-14-32-55(50)65(57(52)42-47)56-33-15-11-29-51(56)53-31-18-24-45-38-40-49(64(65)62(45)53)44-22-6-2-7-23-44/h1-42H. The third-order valence-corrected chi connectivity index (χ3v) is 14.6. The largest absolute Gasteiger partial charge is 0.309 e. The van der Waals surface area contributed by atoms with Crippen LogP contribution in [0.3, 0.4) is 0 Å². The number of aromatic nitrogens is 1. The van der Waals surface area contributed by atoms with Crippen molar-refractivity contribution < 1.29 is 0 Å². The zero-order valence-electron chi connectivity index (χ0n) is 36.6. The van der Waals surface area contributed by atoms with E-state index in [1.807, 2.05) is 0 Å². The second kappa shape index (κ2) is 14.7. The van der Waals surface area contributed by atoms with Gasteiger partial charge in [0.05, 0.1) is 27.8 Å². The third-order valence-electron chi connectivity index (χ3n) is 14.6. The molecule has 1 unspecified atom stereocenters. The molecule has 0 N–H and O–H groups in total. The molecule has 1 aromatic heterocycles. The average molecular weight is 851 g/mol. The van der Waals surface area contributed by atoms with E-state index in [2.05, 4.69) is 264 Å². The van der Waals surface area contributed by atoms with Crippen molar-refractivity contribution in [3.05, 3.63) is 277 Å². The zero-order valence-corrected chi connectivity index (χ0v) is 36.6. The van der Waals surface area contributed by atoms with E-state index in [0.717, 1.165) is 28.3 Å². The molecule has 14 rings (SSSR count). The van der Waals surface area contributed by atoms with Crippen LogP contribution in [0.2, 0.25) is 0 Å². The lowest BCUT2D eigenvalue weighted by molar-refractivity contribution is 0.775. The van der Waals surface area contributed by atoms with E-state index in [1.165, 1.54) is 93.8 Å². The molecule has 2 heteroatoms. The molecule has 2 aliphatic rings. The SMILES string of the molecule is c1ccc(-c2ccccc2N(c2ccc3c(c2)C2(c4ccccc4-3)c3ccccc3-c3cccc4ccc(-c5ccccc5)c2c34)c2cccc3c2c2ccccc2n3-c2ccccc2)cc1. The quantitative estimate of drug-likeness (QED) is 0.162. The molecule has 312 valence electrons. The first-order chi connectivity index (χ1) is 33.3. The van der Waals surface area contributed by atoms with Crippen molar-refractivity contribution in [2.24, 2.45) is 0 Å². The molecule has 12 aromatic rings. The number of nitrogens with zero attached hydrogens (tertiary/aromatic N) is 2. The highest BCUT2D eigenvalue weighted by Crippen LogP contribution is 2.64. The molecule has 0 amide bonds. The van der Waals surface area contributed by atoms with Crippen LogP contribution in [0.25, 0.3) is 82.8 Å². The molecule has 0 bridgehead atoms. The van der Waals surface area contributed by atoms with E-state index < -0.39 is 5.41 Å². The minimum absolute atomic E-state index is 0.641. The molecule has 0 saturated heterocycles. The Morgan fingerprint density at radius 1 is 0.328 bits per heavy atom. The van der Waals surface area contributed by atoms with Crippen LogP contribution in [0, 0.1) is 0 Å². The molecular formula is C65H42N2. The Bertz CT molecular complexity index is 3920. The van der Waals surface area contributed by atoms with Crippen molar-refractivity contribution in [3.63, 3.8) is 0 Å². The first-order valence-electron chi connectivity index (χ1n) is 23.3. The Morgan fingerprint density at radius 3 is 1.63 bits per heavy atom. The molecule has 11 aromatic carbocycles. The van der Waals surface area contributed by atoms with E-state index in [-0.39, 0.29) is 0 Å². The summed E-state index contributed by atoms with van der Waals surface area (Å²) in [4.78, 5) is 2.55. The molecule has 1 atom stereocenters. The number of para-hydroxylation sites is 3. The molecule has 0 fully saturated rings. The van der Waals surface area contributed by atoms with Gasteiger partial charge in [-0.3, -0.25) is 0 Å². The minimum Gasteiger partial charge on any atom is -0.309 e. The van der Waals surface area contributed by atoms with Gasteiger partial charge in [0, 0.05) is 27.7 Å². The molecule has 0 aliphatic heterocycles. The summed E-state index contributed by atoms with van der Waals surface area (Å²) >= 11 is 0. The number of rotatable bonds is 6. The highest BCUT2D eigenvalue weighted by Gasteiger charge is 2.51. The highest BCUT2D eigenvalue weighted by atomic mass is 15.2. The number of hydrogen-bond donors (Lipinski definition) is 0. The Labute approximate surface area is 389 Å². The second-order valence-electron chi connectivity index (χ2n) is 17.9. The summed E-state index contributed by atoms with van der Waals surface area (Å²) < 4.78 is 2.42. The van der Waals surface area contributed by atoms with Gasteiger partial charge in [-0.15, -0.1) is 0 Å². The van der Waals surface area contributed by atoms with Gasteiger partial charge in [-0.05, 0) is 121 Å². The van der Waals surface area contributed by atoms with Crippen LogP contribution in [0.4, 0.5) is 17.1 Å². The van der Waals surface area contributed by atoms with Gasteiger partial charge in [0.2, 0.25) is 0 Å². The smallest absolute Gasteiger partial charge is 0.0732 e. The van der Waals surface area contributed by atoms with Crippen LogP contribution in [0.5, 0.6) is 0 Å². The van der Waals surface area contributed by atoms with Gasteiger partial charge >= 0.3 is 0 Å². The lowest BCUT2D eigenvalue weighted by Gasteiger charge is -2.42. The van der Waals surface area contributed by atoms with Crippen molar-refractivity contribution in [1.82, 2.24) is 4.57 Å². The summed E-state index contributed by atoms with van der Waals surface area (Å²) in [7, 11) is 0. The second-order valence-corrected chi connectivity index (χ2v) is 17.9. The maximum atomic E-state index is 2.55. The Morgan fingerprint density at radius 2 is 0.866 bits per heavy atom. The monoisotopic (exact) mass is 850 g/mol. The van der Waals surface area contributed by atoms with Crippen LogP contribution >= 0.6 is 0 Å². The predicted molar refractivity (Wildman–Crippen MR) is 280 cm³/mol. The number of fused-ring (bicyclic) bond motifs is 12. The summed E-state index contributed by atoms with van der Waals surface area (Å²) in [6.07, 6.45) is 0. The number of anilines is 3. The Kier molecular flexibility index (Phi) is 8.23. The van der Waals surface area contributed by atoms with Gasteiger partial charge in [-0.25, -0.2) is 0 Å². The Balaban J connectivity index is 1.13. The lowest BCUT2D eigenvalue weighted by Crippen LogP contribution is -2.32. The molecule has 2 nitrogen and oxygen atoms in total. The topological polar surface area (TPSA) is 8.17 Å². The van der Waals surface area contributed by atoms with Gasteiger partial charge in [0.1, 0.15) is 0 Å². The third kappa shape index (κ3) is 5.33. The fraction of sp³-hybridized carbons (Fsp3) is 0.0154. The first-order valence-corrected chi connectivity index (χ1v) is 23.3. The maximum Gasteiger partial charge on any atom is 0.0732 e. The van der Waals surface area contributed by atoms with Crippen molar-refractivity contribution in [1.29, 1.82) is 0 Å². The number of hydrogen-bond acceptors (Lipinski definition) is 1. The van der Waals surface area contributed by atoms with Gasteiger partial charge in [0.25, 0.3) is 0 Å². The maximum absolute atomic E-state index is 2.55. The van der Waals surface area contributed by atoms with Gasteiger partial charge in [-0.2, -0.15) is 0 Å². The molecule has 1 spiro atoms. The molecular weight excluding hydrogens is 809 g/mol. The van der Waals surface area contributed by atoms with Crippen LogP contribution in [0.1, 0.15) is 22.3 Å². The highest BCUT2D eigenvalue weighted by molar-refractivity contribution is 6.17. The summed E-state index contributed by atoms with van der Waals surface area (Å²) in [5.41, 5.74) is 21.4. The first kappa shape index (κ1) is 37.6. The van der Waals surface area contributed by atoms with E-state index in [0.29, 0.717) is 0 Å². The lowest BCUT2D eigenvalue weighted by atomic mass is 9.60. The van der Waals surface area contributed by atoms with Crippen molar-refractivity contribution in [2.75, 3.05) is 4.90 Å². The molecule has 2 aliphatic carbocycles. The number of benzene rings is 11. The van der Waals surface area contributed by atoms with Crippen molar-refractivity contribution in [3.8, 4) is 50.2 Å². The van der Waals surface area contributed by atoms with Crippen molar-refractivity contribution in [2.45, 2.75) is 5.41 Å². The molecule has 1 heterocycles. The fourth-order valence-corrected chi connectivity index (χ4v) is 12.0. The van der Waals surface area contributed by atoms with E-state index in [9.17, 15) is 0 Å². The average Bonchev–Trinajstić information content (AvgIpc) is 3.89. The molecule has 0 saturated carbocycles. The van der Waals surface area contributed by atoms with E-state index in [4.69, 9.17) is 0 Å². The van der Waals surface area contributed by atoms with Gasteiger partial charge in [-0.1, -0.05) is 206 Å². The van der Waals surface area contributed by atoms with Crippen molar-refractivity contribution >= 4 is 49.6 Å². The summed E-state index contributed by atoms with van der Waals surface area (Å²) in [5, 5.41) is 4.99. The summed E-state index contributed by atoms with van der Waals surface area (Å²) in [6.45, 7) is 0. The van der Waals surface area contributed by atoms with Crippen LogP contribution < -0.4 is 4.90 Å². The fourth-order valence-electron chi connectivity index (χ4n) is 12.0. The normalized spacial score (nSPS) is 14.3. The van der Waals surface area contributed by atoms with Crippen LogP contribution in [0.15, 0.2) is 255 Å². The van der Waals surface area contributed by atoms with E-state index >= 15 is 0 Å². The van der Waals surface area contributed by atoms with Gasteiger partial charge in [0.15, 0.2) is 0 Å². The summed E-state index contributed by atoms with van der Waals surface area (Å²) in [5.74, 6) is 0. The van der Waals surface area contributed by atoms with E-state index in [1.54, 1.807) is 0 Å². The zero-order chi connectivity index (χ0) is 44.1. The Hall–Kier alpha value is -8.72. The van der Waals surface area contributed by atoms with Gasteiger partial charge < -0.3 is 9.47 Å². The molecule has 67 heavy (non-hydrogen) atoms. The minimum atomic E-state index is -0.641. The molecule has 0 radical (unpaired) electrons. The predicted octanol–water partition coefficient (Wildman–Crippen LogP) is 17.1. The van der Waals surface area contributed by atoms with Crippen LogP contribution in [-0.2, 0) is 5.41 Å².